The minimum atomic E-state index is -0.778. The minimum absolute atomic E-state index is 0.0254. The van der Waals surface area contributed by atoms with Crippen LogP contribution in [-0.4, -0.2) is 31.1 Å². The van der Waals surface area contributed by atoms with Crippen molar-refractivity contribution in [1.29, 1.82) is 0 Å². The molecule has 27 heavy (non-hydrogen) atoms. The Balaban J connectivity index is 2.26. The molecule has 0 amide bonds. The second-order valence-corrected chi connectivity index (χ2v) is 5.51. The quantitative estimate of drug-likeness (QED) is 0.833. The van der Waals surface area contributed by atoms with Gasteiger partial charge < -0.3 is 19.4 Å². The van der Waals surface area contributed by atoms with E-state index in [2.05, 4.69) is 4.98 Å². The second-order valence-electron chi connectivity index (χ2n) is 5.51. The summed E-state index contributed by atoms with van der Waals surface area (Å²) in [5.74, 6) is -2.09. The normalized spacial score (nSPS) is 13.7. The maximum absolute atomic E-state index is 13.9. The first-order chi connectivity index (χ1) is 13.0. The zero-order chi connectivity index (χ0) is 19.6. The number of nitrogens with zero attached hydrogens (tertiary/aromatic N) is 1. The lowest BCUT2D eigenvalue weighted by Gasteiger charge is -2.23. The number of anilines is 1. The largest absolute Gasteiger partial charge is 0.465 e. The van der Waals surface area contributed by atoms with Crippen molar-refractivity contribution < 1.29 is 23.5 Å². The van der Waals surface area contributed by atoms with Crippen molar-refractivity contribution in [1.82, 2.24) is 4.98 Å². The fourth-order valence-corrected chi connectivity index (χ4v) is 2.73. The van der Waals surface area contributed by atoms with Gasteiger partial charge in [0.05, 0.1) is 25.2 Å². The third-order valence-corrected chi connectivity index (χ3v) is 4.00. The Morgan fingerprint density at radius 1 is 1.07 bits per heavy atom. The van der Waals surface area contributed by atoms with E-state index < -0.39 is 23.3 Å². The molecule has 1 N–H and O–H groups in total. The maximum Gasteiger partial charge on any atom is 0.355 e. The van der Waals surface area contributed by atoms with E-state index in [1.165, 1.54) is 49.6 Å². The molecule has 0 fully saturated rings. The van der Waals surface area contributed by atoms with Gasteiger partial charge in [0.15, 0.2) is 0 Å². The minimum Gasteiger partial charge on any atom is -0.465 e. The van der Waals surface area contributed by atoms with E-state index in [0.717, 1.165) is 6.20 Å². The van der Waals surface area contributed by atoms with E-state index in [1.54, 1.807) is 12.2 Å². The van der Waals surface area contributed by atoms with Crippen molar-refractivity contribution in [2.24, 2.45) is 0 Å². The highest BCUT2D eigenvalue weighted by Crippen LogP contribution is 2.28. The Bertz CT molecular complexity index is 1080. The first-order valence-corrected chi connectivity index (χ1v) is 7.84. The Morgan fingerprint density at radius 2 is 1.81 bits per heavy atom. The highest BCUT2D eigenvalue weighted by molar-refractivity contribution is 6.05. The molecule has 0 spiro atoms. The summed E-state index contributed by atoms with van der Waals surface area (Å²) in [4.78, 5) is 40.3. The second kappa shape index (κ2) is 7.28. The number of methoxy groups -OCH3 is 2. The maximum atomic E-state index is 13.9. The van der Waals surface area contributed by atoms with Gasteiger partial charge in [-0.15, -0.1) is 0 Å². The van der Waals surface area contributed by atoms with Gasteiger partial charge in [-0.1, -0.05) is 6.08 Å². The number of hydrogen-bond donors (Lipinski definition) is 1. The zero-order valence-corrected chi connectivity index (χ0v) is 14.5. The van der Waals surface area contributed by atoms with E-state index in [9.17, 15) is 18.8 Å². The lowest BCUT2D eigenvalue weighted by Crippen LogP contribution is -2.27. The lowest BCUT2D eigenvalue weighted by molar-refractivity contribution is -0.139. The Kier molecular flexibility index (Phi) is 4.89. The number of benzene rings is 1. The number of allylic oxidation sites excluding steroid dienone is 2. The van der Waals surface area contributed by atoms with Gasteiger partial charge in [-0.3, -0.25) is 4.79 Å². The van der Waals surface area contributed by atoms with Gasteiger partial charge in [-0.2, -0.15) is 0 Å². The Hall–Kier alpha value is -3.68. The average molecular weight is 370 g/mol. The topological polar surface area (TPSA) is 88.7 Å². The first kappa shape index (κ1) is 18.1. The molecular formula is C19H15FN2O5. The van der Waals surface area contributed by atoms with Gasteiger partial charge in [0.25, 0.3) is 5.56 Å². The van der Waals surface area contributed by atoms with Crippen LogP contribution in [0.25, 0.3) is 10.8 Å². The number of esters is 2. The van der Waals surface area contributed by atoms with Crippen molar-refractivity contribution in [3.05, 3.63) is 76.3 Å². The summed E-state index contributed by atoms with van der Waals surface area (Å²) >= 11 is 0. The number of fused-ring (bicyclic) bond motifs is 1. The predicted molar refractivity (Wildman–Crippen MR) is 96.3 cm³/mol. The molecule has 1 aliphatic heterocycles. The average Bonchev–Trinajstić information content (AvgIpc) is 2.92. The number of carbonyl (C=O) groups is 2. The smallest absolute Gasteiger partial charge is 0.355 e. The molecule has 0 bridgehead atoms. The van der Waals surface area contributed by atoms with Crippen LogP contribution < -0.4 is 10.5 Å². The summed E-state index contributed by atoms with van der Waals surface area (Å²) in [7, 11) is 2.38. The van der Waals surface area contributed by atoms with Crippen LogP contribution in [0.15, 0.2) is 64.9 Å². The van der Waals surface area contributed by atoms with Crippen LogP contribution in [0.1, 0.15) is 0 Å². The summed E-state index contributed by atoms with van der Waals surface area (Å²) in [5.41, 5.74) is -0.244. The highest BCUT2D eigenvalue weighted by Gasteiger charge is 2.27. The standard InChI is InChI=1S/C19H15FN2O5/c1-26-18(24)13-5-3-4-8-22(16(13)19(25)27-2)11-6-7-12-14(9-11)17(23)21-10-15(12)20/h3-10H,1-2H3,(H,21,23). The van der Waals surface area contributed by atoms with Crippen molar-refractivity contribution >= 4 is 28.4 Å². The number of aromatic nitrogens is 1. The molecule has 2 aromatic rings. The van der Waals surface area contributed by atoms with E-state index in [0.29, 0.717) is 5.69 Å². The molecule has 2 heterocycles. The molecule has 0 radical (unpaired) electrons. The Morgan fingerprint density at radius 3 is 2.52 bits per heavy atom. The van der Waals surface area contributed by atoms with Crippen LogP contribution in [0.5, 0.6) is 0 Å². The van der Waals surface area contributed by atoms with Gasteiger partial charge in [0, 0.05) is 23.5 Å². The molecule has 0 saturated heterocycles. The number of H-pyrrole nitrogens is 1. The van der Waals surface area contributed by atoms with Crippen molar-refractivity contribution in [3.8, 4) is 0 Å². The molecule has 7 nitrogen and oxygen atoms in total. The van der Waals surface area contributed by atoms with E-state index in [-0.39, 0.29) is 22.0 Å². The number of rotatable bonds is 3. The fraction of sp³-hybridized carbons (Fsp3) is 0.105. The first-order valence-electron chi connectivity index (χ1n) is 7.84. The summed E-state index contributed by atoms with van der Waals surface area (Å²) in [6, 6.07) is 4.37. The molecule has 138 valence electrons. The molecule has 0 unspecified atom stereocenters. The van der Waals surface area contributed by atoms with Crippen LogP contribution in [0, 0.1) is 5.82 Å². The van der Waals surface area contributed by atoms with Crippen LogP contribution in [0.3, 0.4) is 0 Å². The van der Waals surface area contributed by atoms with Crippen molar-refractivity contribution in [2.75, 3.05) is 19.1 Å². The molecule has 0 atom stereocenters. The molecule has 1 aliphatic rings. The van der Waals surface area contributed by atoms with Gasteiger partial charge in [-0.05, 0) is 30.4 Å². The van der Waals surface area contributed by atoms with Gasteiger partial charge in [0.2, 0.25) is 0 Å². The van der Waals surface area contributed by atoms with Gasteiger partial charge in [-0.25, -0.2) is 14.0 Å². The van der Waals surface area contributed by atoms with Crippen molar-refractivity contribution in [3.63, 3.8) is 0 Å². The number of aromatic amines is 1. The molecular weight excluding hydrogens is 355 g/mol. The van der Waals surface area contributed by atoms with Gasteiger partial charge >= 0.3 is 11.9 Å². The van der Waals surface area contributed by atoms with E-state index in [1.807, 2.05) is 0 Å². The van der Waals surface area contributed by atoms with Gasteiger partial charge in [0.1, 0.15) is 11.5 Å². The molecule has 1 aromatic carbocycles. The third-order valence-electron chi connectivity index (χ3n) is 4.00. The number of halogens is 1. The summed E-state index contributed by atoms with van der Waals surface area (Å²) in [6.45, 7) is 0. The Labute approximate surface area is 153 Å². The summed E-state index contributed by atoms with van der Waals surface area (Å²) in [6.07, 6.45) is 7.08. The monoisotopic (exact) mass is 370 g/mol. The fourth-order valence-electron chi connectivity index (χ4n) is 2.73. The summed E-state index contributed by atoms with van der Waals surface area (Å²) < 4.78 is 23.5. The molecule has 1 aromatic heterocycles. The SMILES string of the molecule is COC(=O)C1=C(C(=O)OC)N(c2ccc3c(F)c[nH]c(=O)c3c2)C=CC=C1. The number of nitrogens with one attached hydrogen (secondary N) is 1. The molecule has 0 saturated carbocycles. The van der Waals surface area contributed by atoms with Crippen LogP contribution in [-0.2, 0) is 19.1 Å². The molecule has 3 rings (SSSR count). The third kappa shape index (κ3) is 3.24. The number of carbonyl (C=O) groups excluding carboxylic acids is 2. The van der Waals surface area contributed by atoms with Crippen LogP contribution in [0.4, 0.5) is 10.1 Å². The zero-order valence-electron chi connectivity index (χ0n) is 14.5. The predicted octanol–water partition coefficient (Wildman–Crippen LogP) is 2.16. The number of ether oxygens (including phenoxy) is 2. The number of pyridine rings is 1. The van der Waals surface area contributed by atoms with Crippen LogP contribution in [0.2, 0.25) is 0 Å². The van der Waals surface area contributed by atoms with E-state index in [4.69, 9.17) is 9.47 Å². The van der Waals surface area contributed by atoms with Crippen molar-refractivity contribution in [2.45, 2.75) is 0 Å². The van der Waals surface area contributed by atoms with E-state index >= 15 is 0 Å². The highest BCUT2D eigenvalue weighted by atomic mass is 19.1. The number of hydrogen-bond acceptors (Lipinski definition) is 6. The van der Waals surface area contributed by atoms with Crippen LogP contribution >= 0.6 is 0 Å². The summed E-state index contributed by atoms with van der Waals surface area (Å²) in [5, 5.41) is 0.234. The molecule has 8 heteroatoms. The molecule has 0 aliphatic carbocycles. The lowest BCUT2D eigenvalue weighted by atomic mass is 10.1.